The van der Waals surface area contributed by atoms with Crippen LogP contribution in [-0.2, 0) is 0 Å². The van der Waals surface area contributed by atoms with Crippen LogP contribution in [-0.4, -0.2) is 27.6 Å². The Morgan fingerprint density at radius 2 is 2.00 bits per heavy atom. The number of halogens is 2. The number of rotatable bonds is 6. The molecule has 1 unspecified atom stereocenters. The van der Waals surface area contributed by atoms with Crippen LogP contribution >= 0.6 is 11.6 Å². The van der Waals surface area contributed by atoms with E-state index in [0.717, 1.165) is 6.42 Å². The third-order valence-corrected chi connectivity index (χ3v) is 5.68. The summed E-state index contributed by atoms with van der Waals surface area (Å²) in [6.07, 6.45) is 0.834. The third kappa shape index (κ3) is 4.53. The molecule has 0 spiro atoms. The smallest absolute Gasteiger partial charge is 0.322 e. The number of hydrogen-bond acceptors (Lipinski definition) is 4. The Labute approximate surface area is 191 Å². The normalized spacial score (nSPS) is 16.6. The molecule has 3 aromatic rings. The zero-order chi connectivity index (χ0) is 22.8. The molecular formula is C24H24ClFN4O2. The number of benzene rings is 2. The van der Waals surface area contributed by atoms with Crippen molar-refractivity contribution in [1.82, 2.24) is 20.4 Å². The van der Waals surface area contributed by atoms with Crippen LogP contribution in [0.25, 0.3) is 17.0 Å². The van der Waals surface area contributed by atoms with Crippen molar-refractivity contribution in [2.45, 2.75) is 33.2 Å². The number of allylic oxidation sites excluding steroid dienone is 1. The molecule has 0 bridgehead atoms. The zero-order valence-electron chi connectivity index (χ0n) is 18.1. The predicted octanol–water partition coefficient (Wildman–Crippen LogP) is 6.07. The van der Waals surface area contributed by atoms with Gasteiger partial charge in [0.1, 0.15) is 5.82 Å². The number of carbonyl (C=O) groups excluding carboxylic acids is 1. The van der Waals surface area contributed by atoms with Crippen molar-refractivity contribution in [3.05, 3.63) is 76.5 Å². The highest BCUT2D eigenvalue weighted by molar-refractivity contribution is 6.30. The van der Waals surface area contributed by atoms with Crippen molar-refractivity contribution in [3.8, 4) is 11.4 Å². The molecular weight excluding hydrogens is 431 g/mol. The highest BCUT2D eigenvalue weighted by Gasteiger charge is 2.35. The standard InChI is InChI=1S/C24H24ClFN4O2/c1-14(2)10-11-30-15(3)20(21(27-24(30)31)16-6-5-9-19(26)13-16)23-28-22(29-32-23)17-7-4-8-18(25)12-17/h4-9,12-14,21H,10-11H2,1-3H3,(H,27,31). The van der Waals surface area contributed by atoms with Crippen molar-refractivity contribution in [3.63, 3.8) is 0 Å². The molecule has 6 nitrogen and oxygen atoms in total. The van der Waals surface area contributed by atoms with Gasteiger partial charge in [0, 0.05) is 22.8 Å². The quantitative estimate of drug-likeness (QED) is 0.490. The molecule has 8 heteroatoms. The molecule has 32 heavy (non-hydrogen) atoms. The zero-order valence-corrected chi connectivity index (χ0v) is 18.9. The van der Waals surface area contributed by atoms with Gasteiger partial charge in [0.2, 0.25) is 5.82 Å². The van der Waals surface area contributed by atoms with Crippen molar-refractivity contribution in [2.75, 3.05) is 6.54 Å². The van der Waals surface area contributed by atoms with Gasteiger partial charge in [-0.2, -0.15) is 4.98 Å². The summed E-state index contributed by atoms with van der Waals surface area (Å²) in [5.41, 5.74) is 2.65. The average molecular weight is 455 g/mol. The van der Waals surface area contributed by atoms with Gasteiger partial charge in [0.15, 0.2) is 0 Å². The topological polar surface area (TPSA) is 71.3 Å². The Kier molecular flexibility index (Phi) is 6.28. The lowest BCUT2D eigenvalue weighted by molar-refractivity contribution is 0.202. The van der Waals surface area contributed by atoms with Gasteiger partial charge in [-0.1, -0.05) is 54.9 Å². The Morgan fingerprint density at radius 3 is 2.72 bits per heavy atom. The molecule has 1 aliphatic heterocycles. The number of nitrogens with zero attached hydrogens (tertiary/aromatic N) is 3. The van der Waals surface area contributed by atoms with Crippen LogP contribution in [0, 0.1) is 11.7 Å². The highest BCUT2D eigenvalue weighted by atomic mass is 35.5. The Bertz CT molecular complexity index is 1170. The molecule has 0 fully saturated rings. The van der Waals surface area contributed by atoms with E-state index in [4.69, 9.17) is 16.1 Å². The summed E-state index contributed by atoms with van der Waals surface area (Å²) in [7, 11) is 0. The monoisotopic (exact) mass is 454 g/mol. The van der Waals surface area contributed by atoms with Gasteiger partial charge in [-0.3, -0.25) is 4.90 Å². The predicted molar refractivity (Wildman–Crippen MR) is 121 cm³/mol. The van der Waals surface area contributed by atoms with E-state index in [1.165, 1.54) is 12.1 Å². The SMILES string of the molecule is CC1=C(c2nc(-c3cccc(Cl)c3)no2)C(c2cccc(F)c2)NC(=O)N1CCC(C)C. The first-order valence-corrected chi connectivity index (χ1v) is 10.9. The molecule has 2 aromatic carbocycles. The minimum Gasteiger partial charge on any atom is -0.334 e. The number of hydrogen-bond donors (Lipinski definition) is 1. The molecule has 1 aliphatic rings. The van der Waals surface area contributed by atoms with E-state index >= 15 is 0 Å². The van der Waals surface area contributed by atoms with Gasteiger partial charge in [-0.25, -0.2) is 9.18 Å². The Balaban J connectivity index is 1.80. The van der Waals surface area contributed by atoms with Gasteiger partial charge in [0.25, 0.3) is 5.89 Å². The summed E-state index contributed by atoms with van der Waals surface area (Å²) in [6, 6.07) is 12.4. The summed E-state index contributed by atoms with van der Waals surface area (Å²) in [6.45, 7) is 6.60. The van der Waals surface area contributed by atoms with Crippen LogP contribution in [0.15, 0.2) is 58.8 Å². The van der Waals surface area contributed by atoms with Gasteiger partial charge >= 0.3 is 6.03 Å². The first-order valence-electron chi connectivity index (χ1n) is 10.5. The summed E-state index contributed by atoms with van der Waals surface area (Å²) in [5, 5.41) is 7.66. The van der Waals surface area contributed by atoms with E-state index in [1.807, 2.05) is 19.1 Å². The first kappa shape index (κ1) is 22.0. The molecule has 2 amide bonds. The molecule has 166 valence electrons. The average Bonchev–Trinajstić information content (AvgIpc) is 3.22. The van der Waals surface area contributed by atoms with E-state index in [9.17, 15) is 9.18 Å². The van der Waals surface area contributed by atoms with Crippen LogP contribution in [0.3, 0.4) is 0 Å². The third-order valence-electron chi connectivity index (χ3n) is 5.45. The van der Waals surface area contributed by atoms with Gasteiger partial charge in [-0.15, -0.1) is 0 Å². The first-order chi connectivity index (χ1) is 15.3. The highest BCUT2D eigenvalue weighted by Crippen LogP contribution is 2.37. The van der Waals surface area contributed by atoms with Crippen molar-refractivity contribution < 1.29 is 13.7 Å². The van der Waals surface area contributed by atoms with E-state index in [1.54, 1.807) is 29.2 Å². The van der Waals surface area contributed by atoms with Gasteiger partial charge < -0.3 is 9.84 Å². The van der Waals surface area contributed by atoms with E-state index in [-0.39, 0.29) is 17.7 Å². The molecule has 0 radical (unpaired) electrons. The molecule has 0 saturated carbocycles. The molecule has 1 atom stereocenters. The largest absolute Gasteiger partial charge is 0.334 e. The van der Waals surface area contributed by atoms with Gasteiger partial charge in [-0.05, 0) is 49.1 Å². The fraction of sp³-hybridized carbons (Fsp3) is 0.292. The summed E-state index contributed by atoms with van der Waals surface area (Å²) < 4.78 is 19.6. The Hall–Kier alpha value is -3.19. The van der Waals surface area contributed by atoms with E-state index in [2.05, 4.69) is 29.3 Å². The van der Waals surface area contributed by atoms with Crippen LogP contribution < -0.4 is 5.32 Å². The lowest BCUT2D eigenvalue weighted by Gasteiger charge is -2.35. The minimum atomic E-state index is -0.624. The second-order valence-electron chi connectivity index (χ2n) is 8.20. The number of nitrogens with one attached hydrogen (secondary N) is 1. The van der Waals surface area contributed by atoms with Crippen molar-refractivity contribution >= 4 is 23.2 Å². The van der Waals surface area contributed by atoms with Crippen molar-refractivity contribution in [1.29, 1.82) is 0 Å². The summed E-state index contributed by atoms with van der Waals surface area (Å²) >= 11 is 6.10. The van der Waals surface area contributed by atoms with Crippen LogP contribution in [0.1, 0.15) is 44.7 Å². The fourth-order valence-electron chi connectivity index (χ4n) is 3.73. The van der Waals surface area contributed by atoms with Crippen LogP contribution in [0.5, 0.6) is 0 Å². The molecule has 0 saturated heterocycles. The van der Waals surface area contributed by atoms with Crippen LogP contribution in [0.4, 0.5) is 9.18 Å². The van der Waals surface area contributed by atoms with E-state index < -0.39 is 6.04 Å². The van der Waals surface area contributed by atoms with Crippen molar-refractivity contribution in [2.24, 2.45) is 5.92 Å². The molecule has 0 aliphatic carbocycles. The molecule has 1 N–H and O–H groups in total. The maximum absolute atomic E-state index is 14.0. The summed E-state index contributed by atoms with van der Waals surface area (Å²) in [4.78, 5) is 19.2. The number of urea groups is 1. The lowest BCUT2D eigenvalue weighted by atomic mass is 9.94. The second kappa shape index (κ2) is 9.12. The number of carbonyl (C=O) groups is 1. The molecule has 1 aromatic heterocycles. The number of amides is 2. The number of aromatic nitrogens is 2. The molecule has 2 heterocycles. The molecule has 4 rings (SSSR count). The second-order valence-corrected chi connectivity index (χ2v) is 8.64. The van der Waals surface area contributed by atoms with Crippen LogP contribution in [0.2, 0.25) is 5.02 Å². The maximum atomic E-state index is 14.0. The van der Waals surface area contributed by atoms with Gasteiger partial charge in [0.05, 0.1) is 11.6 Å². The van der Waals surface area contributed by atoms with E-state index in [0.29, 0.717) is 45.7 Å². The lowest BCUT2D eigenvalue weighted by Crippen LogP contribution is -2.46. The Morgan fingerprint density at radius 1 is 1.22 bits per heavy atom. The summed E-state index contributed by atoms with van der Waals surface area (Å²) in [5.74, 6) is 0.687. The fourth-order valence-corrected chi connectivity index (χ4v) is 3.92. The maximum Gasteiger partial charge on any atom is 0.322 e. The minimum absolute atomic E-state index is 0.240.